The number of carboxylic acids is 1. The molecule has 2 rings (SSSR count). The maximum absolute atomic E-state index is 12.2. The Morgan fingerprint density at radius 3 is 2.75 bits per heavy atom. The summed E-state index contributed by atoms with van der Waals surface area (Å²) in [4.78, 5) is 26.1. The molecule has 0 radical (unpaired) electrons. The number of aromatic nitrogens is 1. The van der Waals surface area contributed by atoms with E-state index in [4.69, 9.17) is 16.7 Å². The van der Waals surface area contributed by atoms with Gasteiger partial charge in [0.1, 0.15) is 5.56 Å². The second kappa shape index (κ2) is 5.84. The third kappa shape index (κ3) is 2.96. The summed E-state index contributed by atoms with van der Waals surface area (Å²) in [6.45, 7) is 1.63. The predicted molar refractivity (Wildman–Crippen MR) is 84.6 cm³/mol. The largest absolute Gasteiger partial charge is 0.478 e. The number of benzene rings is 1. The van der Waals surface area contributed by atoms with E-state index in [9.17, 15) is 9.59 Å². The summed E-state index contributed by atoms with van der Waals surface area (Å²) in [7, 11) is 0. The molecule has 0 saturated heterocycles. The van der Waals surface area contributed by atoms with Gasteiger partial charge in [0.05, 0.1) is 11.3 Å². The van der Waals surface area contributed by atoms with Gasteiger partial charge in [-0.05, 0) is 47.7 Å². The average molecular weight is 405 g/mol. The van der Waals surface area contributed by atoms with E-state index in [1.54, 1.807) is 25.1 Å². The van der Waals surface area contributed by atoms with Crippen molar-refractivity contribution in [3.8, 4) is 0 Å². The highest BCUT2D eigenvalue weighted by atomic mass is 127. The number of amides is 1. The molecule has 0 fully saturated rings. The van der Waals surface area contributed by atoms with Gasteiger partial charge < -0.3 is 15.4 Å². The minimum Gasteiger partial charge on any atom is -0.478 e. The Morgan fingerprint density at radius 1 is 1.40 bits per heavy atom. The van der Waals surface area contributed by atoms with Crippen LogP contribution < -0.4 is 5.32 Å². The van der Waals surface area contributed by atoms with E-state index in [-0.39, 0.29) is 11.3 Å². The van der Waals surface area contributed by atoms with Crippen molar-refractivity contribution >= 4 is 51.8 Å². The number of aromatic carboxylic acids is 1. The van der Waals surface area contributed by atoms with Crippen LogP contribution >= 0.6 is 34.2 Å². The van der Waals surface area contributed by atoms with Crippen LogP contribution in [0.5, 0.6) is 0 Å². The number of aryl methyl sites for hydroxylation is 1. The monoisotopic (exact) mass is 404 g/mol. The summed E-state index contributed by atoms with van der Waals surface area (Å²) in [5.74, 6) is -1.50. The lowest BCUT2D eigenvalue weighted by Gasteiger charge is -2.07. The van der Waals surface area contributed by atoms with Crippen LogP contribution in [-0.4, -0.2) is 22.0 Å². The molecule has 104 valence electrons. The lowest BCUT2D eigenvalue weighted by molar-refractivity contribution is 0.0697. The van der Waals surface area contributed by atoms with Crippen molar-refractivity contribution in [1.82, 2.24) is 4.98 Å². The van der Waals surface area contributed by atoms with Crippen molar-refractivity contribution < 1.29 is 14.7 Å². The number of rotatable bonds is 3. The molecule has 0 aliphatic heterocycles. The zero-order valence-electron chi connectivity index (χ0n) is 10.3. The Hall–Kier alpha value is -1.54. The number of halogens is 2. The van der Waals surface area contributed by atoms with Crippen LogP contribution in [0, 0.1) is 10.5 Å². The van der Waals surface area contributed by atoms with Crippen LogP contribution in [0.4, 0.5) is 5.69 Å². The number of carbonyl (C=O) groups is 2. The fraction of sp³-hybridized carbons (Fsp3) is 0.0769. The molecule has 2 aromatic rings. The van der Waals surface area contributed by atoms with E-state index < -0.39 is 11.9 Å². The standard InChI is InChI=1S/C13H10ClIN2O3/c1-6-11(13(19)20)10(5-16-6)17-12(18)8-4-7(14)2-3-9(8)15/h2-5,16H,1H3,(H,17,18)(H,19,20). The lowest BCUT2D eigenvalue weighted by Crippen LogP contribution is -2.15. The second-order valence-electron chi connectivity index (χ2n) is 4.09. The summed E-state index contributed by atoms with van der Waals surface area (Å²) in [5.41, 5.74) is 1.16. The van der Waals surface area contributed by atoms with Crippen LogP contribution in [0.25, 0.3) is 0 Å². The first-order valence-electron chi connectivity index (χ1n) is 5.58. The highest BCUT2D eigenvalue weighted by Crippen LogP contribution is 2.22. The molecule has 1 heterocycles. The molecule has 0 spiro atoms. The molecule has 20 heavy (non-hydrogen) atoms. The normalized spacial score (nSPS) is 10.3. The molecule has 1 amide bonds. The summed E-state index contributed by atoms with van der Waals surface area (Å²) < 4.78 is 0.730. The minimum absolute atomic E-state index is 0.0513. The fourth-order valence-electron chi connectivity index (χ4n) is 1.76. The summed E-state index contributed by atoms with van der Waals surface area (Å²) in [6, 6.07) is 4.94. The molecule has 5 nitrogen and oxygen atoms in total. The Balaban J connectivity index is 2.33. The van der Waals surface area contributed by atoms with Crippen LogP contribution in [0.2, 0.25) is 5.02 Å². The molecular weight excluding hydrogens is 395 g/mol. The SMILES string of the molecule is Cc1[nH]cc(NC(=O)c2cc(Cl)ccc2I)c1C(=O)O. The van der Waals surface area contributed by atoms with E-state index in [2.05, 4.69) is 10.3 Å². The number of carbonyl (C=O) groups excluding carboxylic acids is 1. The molecule has 1 aromatic heterocycles. The number of aromatic amines is 1. The van der Waals surface area contributed by atoms with Gasteiger partial charge in [-0.15, -0.1) is 0 Å². The van der Waals surface area contributed by atoms with Crippen LogP contribution in [0.15, 0.2) is 24.4 Å². The highest BCUT2D eigenvalue weighted by Gasteiger charge is 2.18. The first kappa shape index (κ1) is 14.9. The summed E-state index contributed by atoms with van der Waals surface area (Å²) in [6.07, 6.45) is 1.45. The molecular formula is C13H10ClIN2O3. The number of anilines is 1. The van der Waals surface area contributed by atoms with Crippen LogP contribution in [-0.2, 0) is 0 Å². The van der Waals surface area contributed by atoms with Crippen LogP contribution in [0.3, 0.4) is 0 Å². The number of H-pyrrole nitrogens is 1. The first-order chi connectivity index (χ1) is 9.40. The first-order valence-corrected chi connectivity index (χ1v) is 7.03. The van der Waals surface area contributed by atoms with Crippen molar-refractivity contribution in [3.05, 3.63) is 49.8 Å². The van der Waals surface area contributed by atoms with Crippen molar-refractivity contribution in [2.24, 2.45) is 0 Å². The zero-order valence-corrected chi connectivity index (χ0v) is 13.2. The van der Waals surface area contributed by atoms with E-state index in [1.165, 1.54) is 6.20 Å². The zero-order chi connectivity index (χ0) is 14.9. The predicted octanol–water partition coefficient (Wildman–Crippen LogP) is 3.53. The van der Waals surface area contributed by atoms with Gasteiger partial charge >= 0.3 is 5.97 Å². The molecule has 0 aliphatic rings. The van der Waals surface area contributed by atoms with Gasteiger partial charge in [0.15, 0.2) is 0 Å². The molecule has 0 atom stereocenters. The smallest absolute Gasteiger partial charge is 0.339 e. The fourth-order valence-corrected chi connectivity index (χ4v) is 2.51. The quantitative estimate of drug-likeness (QED) is 0.685. The molecule has 3 N–H and O–H groups in total. The van der Waals surface area contributed by atoms with Gasteiger partial charge in [0.2, 0.25) is 0 Å². The maximum atomic E-state index is 12.2. The van der Waals surface area contributed by atoms with Crippen molar-refractivity contribution in [3.63, 3.8) is 0 Å². The van der Waals surface area contributed by atoms with Gasteiger partial charge in [-0.1, -0.05) is 11.6 Å². The molecule has 0 bridgehead atoms. The van der Waals surface area contributed by atoms with Gasteiger partial charge in [-0.2, -0.15) is 0 Å². The number of hydrogen-bond donors (Lipinski definition) is 3. The van der Waals surface area contributed by atoms with E-state index in [0.717, 1.165) is 3.57 Å². The van der Waals surface area contributed by atoms with Gasteiger partial charge in [0, 0.05) is 20.5 Å². The Kier molecular flexibility index (Phi) is 4.34. The third-order valence-electron chi connectivity index (χ3n) is 2.71. The minimum atomic E-state index is -1.10. The molecule has 7 heteroatoms. The van der Waals surface area contributed by atoms with Crippen LogP contribution in [0.1, 0.15) is 26.4 Å². The highest BCUT2D eigenvalue weighted by molar-refractivity contribution is 14.1. The lowest BCUT2D eigenvalue weighted by atomic mass is 10.2. The molecule has 0 saturated carbocycles. The molecule has 0 unspecified atom stereocenters. The number of carboxylic acid groups (broad SMARTS) is 1. The summed E-state index contributed by atoms with van der Waals surface area (Å²) >= 11 is 7.88. The molecule has 0 aliphatic carbocycles. The van der Waals surface area contributed by atoms with Crippen molar-refractivity contribution in [2.75, 3.05) is 5.32 Å². The molecule has 1 aromatic carbocycles. The topological polar surface area (TPSA) is 82.2 Å². The third-order valence-corrected chi connectivity index (χ3v) is 3.89. The van der Waals surface area contributed by atoms with Crippen molar-refractivity contribution in [1.29, 1.82) is 0 Å². The second-order valence-corrected chi connectivity index (χ2v) is 5.68. The average Bonchev–Trinajstić information content (AvgIpc) is 2.73. The number of nitrogens with one attached hydrogen (secondary N) is 2. The van der Waals surface area contributed by atoms with E-state index in [1.807, 2.05) is 22.6 Å². The Bertz CT molecular complexity index is 697. The van der Waals surface area contributed by atoms with E-state index >= 15 is 0 Å². The van der Waals surface area contributed by atoms with E-state index in [0.29, 0.717) is 16.3 Å². The van der Waals surface area contributed by atoms with Gasteiger partial charge in [-0.25, -0.2) is 4.79 Å². The van der Waals surface area contributed by atoms with Gasteiger partial charge in [0.25, 0.3) is 5.91 Å². The Morgan fingerprint density at radius 2 is 2.10 bits per heavy atom. The maximum Gasteiger partial charge on any atom is 0.339 e. The van der Waals surface area contributed by atoms with Crippen molar-refractivity contribution in [2.45, 2.75) is 6.92 Å². The summed E-state index contributed by atoms with van der Waals surface area (Å²) in [5, 5.41) is 12.1. The Labute approximate surface area is 133 Å². The number of hydrogen-bond acceptors (Lipinski definition) is 2. The van der Waals surface area contributed by atoms with Gasteiger partial charge in [-0.3, -0.25) is 4.79 Å².